The van der Waals surface area contributed by atoms with Gasteiger partial charge in [0.2, 0.25) is 0 Å². The SMILES string of the molecule is Cc1ccc(C(C)C)c(OCC(=O)N/N=C\c2c(C)nn(Cc3ccccc3)c2C)c1. The fraction of sp³-hybridized carbons (Fsp3) is 0.320. The summed E-state index contributed by atoms with van der Waals surface area (Å²) in [7, 11) is 0. The summed E-state index contributed by atoms with van der Waals surface area (Å²) in [6, 6.07) is 16.2. The van der Waals surface area contributed by atoms with Crippen molar-refractivity contribution >= 4 is 12.1 Å². The third kappa shape index (κ3) is 5.81. The number of carbonyl (C=O) groups excluding carboxylic acids is 1. The number of aryl methyl sites for hydroxylation is 2. The van der Waals surface area contributed by atoms with Gasteiger partial charge in [0.25, 0.3) is 5.91 Å². The summed E-state index contributed by atoms with van der Waals surface area (Å²) in [4.78, 5) is 12.2. The Morgan fingerprint density at radius 2 is 1.90 bits per heavy atom. The van der Waals surface area contributed by atoms with Crippen LogP contribution < -0.4 is 10.2 Å². The van der Waals surface area contributed by atoms with Crippen molar-refractivity contribution in [3.8, 4) is 5.75 Å². The summed E-state index contributed by atoms with van der Waals surface area (Å²) < 4.78 is 7.71. The molecule has 162 valence electrons. The molecule has 1 amide bonds. The molecule has 0 spiro atoms. The Labute approximate surface area is 183 Å². The Balaban J connectivity index is 1.60. The lowest BCUT2D eigenvalue weighted by Gasteiger charge is -2.14. The molecule has 0 fully saturated rings. The van der Waals surface area contributed by atoms with Gasteiger partial charge in [0.1, 0.15) is 5.75 Å². The van der Waals surface area contributed by atoms with Crippen LogP contribution in [0.4, 0.5) is 0 Å². The lowest BCUT2D eigenvalue weighted by Crippen LogP contribution is -2.25. The van der Waals surface area contributed by atoms with Gasteiger partial charge in [0, 0.05) is 11.3 Å². The van der Waals surface area contributed by atoms with Crippen LogP contribution in [0, 0.1) is 20.8 Å². The Morgan fingerprint density at radius 1 is 1.16 bits per heavy atom. The van der Waals surface area contributed by atoms with Crippen molar-refractivity contribution in [1.82, 2.24) is 15.2 Å². The van der Waals surface area contributed by atoms with E-state index in [2.05, 4.69) is 47.7 Å². The first kappa shape index (κ1) is 22.3. The smallest absolute Gasteiger partial charge is 0.277 e. The summed E-state index contributed by atoms with van der Waals surface area (Å²) in [5.41, 5.74) is 8.67. The zero-order valence-electron chi connectivity index (χ0n) is 18.8. The molecule has 2 aromatic carbocycles. The summed E-state index contributed by atoms with van der Waals surface area (Å²) in [5.74, 6) is 0.748. The van der Waals surface area contributed by atoms with Crippen LogP contribution in [0.3, 0.4) is 0 Å². The molecule has 1 aromatic heterocycles. The summed E-state index contributed by atoms with van der Waals surface area (Å²) >= 11 is 0. The standard InChI is InChI=1S/C25H30N4O2/c1-17(2)22-12-11-18(3)13-24(22)31-16-25(30)27-26-14-23-19(4)28-29(20(23)5)15-21-9-7-6-8-10-21/h6-14,17H,15-16H2,1-5H3,(H,27,30)/b26-14-. The van der Waals surface area contributed by atoms with E-state index in [4.69, 9.17) is 4.74 Å². The number of benzene rings is 2. The van der Waals surface area contributed by atoms with Crippen LogP contribution in [0.25, 0.3) is 0 Å². The van der Waals surface area contributed by atoms with Crippen LogP contribution in [-0.4, -0.2) is 28.5 Å². The molecular weight excluding hydrogens is 388 g/mol. The normalized spacial score (nSPS) is 11.3. The van der Waals surface area contributed by atoms with Gasteiger partial charge in [-0.25, -0.2) is 5.43 Å². The van der Waals surface area contributed by atoms with Crippen molar-refractivity contribution in [3.05, 3.63) is 82.2 Å². The first-order valence-electron chi connectivity index (χ1n) is 10.5. The van der Waals surface area contributed by atoms with Gasteiger partial charge in [-0.2, -0.15) is 10.2 Å². The van der Waals surface area contributed by atoms with Gasteiger partial charge >= 0.3 is 0 Å². The molecule has 31 heavy (non-hydrogen) atoms. The van der Waals surface area contributed by atoms with Gasteiger partial charge in [-0.3, -0.25) is 9.48 Å². The minimum absolute atomic E-state index is 0.0915. The Morgan fingerprint density at radius 3 is 2.61 bits per heavy atom. The molecule has 6 nitrogen and oxygen atoms in total. The number of aromatic nitrogens is 2. The number of ether oxygens (including phenoxy) is 1. The summed E-state index contributed by atoms with van der Waals surface area (Å²) in [5, 5.41) is 8.71. The highest BCUT2D eigenvalue weighted by molar-refractivity contribution is 5.84. The third-order valence-electron chi connectivity index (χ3n) is 5.15. The van der Waals surface area contributed by atoms with Gasteiger partial charge in [-0.05, 0) is 49.4 Å². The topological polar surface area (TPSA) is 68.5 Å². The largest absolute Gasteiger partial charge is 0.483 e. The average molecular weight is 419 g/mol. The summed E-state index contributed by atoms with van der Waals surface area (Å²) in [6.07, 6.45) is 1.64. The molecule has 1 N–H and O–H groups in total. The van der Waals surface area contributed by atoms with E-state index < -0.39 is 0 Å². The number of rotatable bonds is 8. The molecular formula is C25H30N4O2. The third-order valence-corrected chi connectivity index (χ3v) is 5.15. The Hall–Kier alpha value is -3.41. The molecule has 0 aliphatic carbocycles. The molecule has 0 saturated carbocycles. The van der Waals surface area contributed by atoms with E-state index in [1.807, 2.05) is 55.8 Å². The van der Waals surface area contributed by atoms with Crippen LogP contribution in [0.15, 0.2) is 53.6 Å². The van der Waals surface area contributed by atoms with E-state index >= 15 is 0 Å². The van der Waals surface area contributed by atoms with Crippen molar-refractivity contribution in [2.75, 3.05) is 6.61 Å². The second-order valence-corrected chi connectivity index (χ2v) is 8.01. The number of nitrogens with zero attached hydrogens (tertiary/aromatic N) is 3. The number of hydrazone groups is 1. The molecule has 0 saturated heterocycles. The van der Waals surface area contributed by atoms with Crippen molar-refractivity contribution in [1.29, 1.82) is 0 Å². The molecule has 3 rings (SSSR count). The monoisotopic (exact) mass is 418 g/mol. The Bertz CT molecular complexity index is 1070. The zero-order valence-corrected chi connectivity index (χ0v) is 18.8. The number of nitrogens with one attached hydrogen (secondary N) is 1. The van der Waals surface area contributed by atoms with Crippen molar-refractivity contribution < 1.29 is 9.53 Å². The molecule has 0 bridgehead atoms. The first-order chi connectivity index (χ1) is 14.8. The first-order valence-corrected chi connectivity index (χ1v) is 10.5. The highest BCUT2D eigenvalue weighted by Crippen LogP contribution is 2.27. The van der Waals surface area contributed by atoms with Gasteiger partial charge in [-0.15, -0.1) is 0 Å². The molecule has 6 heteroatoms. The van der Waals surface area contributed by atoms with Gasteiger partial charge in [0.05, 0.1) is 18.5 Å². The van der Waals surface area contributed by atoms with Gasteiger partial charge in [0.15, 0.2) is 6.61 Å². The van der Waals surface area contributed by atoms with Crippen LogP contribution >= 0.6 is 0 Å². The maximum absolute atomic E-state index is 12.2. The lowest BCUT2D eigenvalue weighted by atomic mass is 10.0. The van der Waals surface area contributed by atoms with Crippen molar-refractivity contribution in [3.63, 3.8) is 0 Å². The fourth-order valence-corrected chi connectivity index (χ4v) is 3.40. The molecule has 0 aliphatic rings. The molecule has 0 aliphatic heterocycles. The predicted molar refractivity (Wildman–Crippen MR) is 124 cm³/mol. The van der Waals surface area contributed by atoms with Gasteiger partial charge < -0.3 is 4.74 Å². The predicted octanol–water partition coefficient (Wildman–Crippen LogP) is 4.51. The van der Waals surface area contributed by atoms with Crippen LogP contribution in [0.1, 0.15) is 53.4 Å². The van der Waals surface area contributed by atoms with Gasteiger partial charge in [-0.1, -0.05) is 56.3 Å². The maximum Gasteiger partial charge on any atom is 0.277 e. The highest BCUT2D eigenvalue weighted by atomic mass is 16.5. The Kier molecular flexibility index (Phi) is 7.23. The molecule has 0 unspecified atom stereocenters. The minimum atomic E-state index is -0.306. The number of amides is 1. The zero-order chi connectivity index (χ0) is 22.4. The average Bonchev–Trinajstić information content (AvgIpc) is 3.00. The van der Waals surface area contributed by atoms with Crippen LogP contribution in [0.5, 0.6) is 5.75 Å². The van der Waals surface area contributed by atoms with Crippen LogP contribution in [-0.2, 0) is 11.3 Å². The highest BCUT2D eigenvalue weighted by Gasteiger charge is 2.12. The summed E-state index contributed by atoms with van der Waals surface area (Å²) in [6.45, 7) is 10.7. The second kappa shape index (κ2) is 10.1. The van der Waals surface area contributed by atoms with E-state index in [0.717, 1.165) is 33.8 Å². The second-order valence-electron chi connectivity index (χ2n) is 8.01. The number of hydrogen-bond acceptors (Lipinski definition) is 4. The van der Waals surface area contributed by atoms with Crippen molar-refractivity contribution in [2.45, 2.75) is 47.1 Å². The number of carbonyl (C=O) groups is 1. The molecule has 0 atom stereocenters. The van der Waals surface area contributed by atoms with E-state index in [9.17, 15) is 4.79 Å². The number of hydrogen-bond donors (Lipinski definition) is 1. The van der Waals surface area contributed by atoms with E-state index in [-0.39, 0.29) is 12.5 Å². The molecule has 0 radical (unpaired) electrons. The minimum Gasteiger partial charge on any atom is -0.483 e. The van der Waals surface area contributed by atoms with Crippen LogP contribution in [0.2, 0.25) is 0 Å². The maximum atomic E-state index is 12.2. The van der Waals surface area contributed by atoms with E-state index in [0.29, 0.717) is 12.5 Å². The van der Waals surface area contributed by atoms with Crippen molar-refractivity contribution in [2.24, 2.45) is 5.10 Å². The quantitative estimate of drug-likeness (QED) is 0.432. The fourth-order valence-electron chi connectivity index (χ4n) is 3.40. The van der Waals surface area contributed by atoms with E-state index in [1.165, 1.54) is 5.56 Å². The molecule has 1 heterocycles. The lowest BCUT2D eigenvalue weighted by molar-refractivity contribution is -0.123. The van der Waals surface area contributed by atoms with E-state index in [1.54, 1.807) is 6.21 Å². The molecule has 3 aromatic rings.